The molecule has 0 aromatic rings. The molecule has 0 rings (SSSR count). The number of carbonyl (C=O) groups is 1. The van der Waals surface area contributed by atoms with Crippen LogP contribution in [0.15, 0.2) is 0 Å². The van der Waals surface area contributed by atoms with Crippen LogP contribution in [0, 0.1) is 0 Å². The molecular formula is C13H26N2OS. The minimum atomic E-state index is -0.141. The fraction of sp³-hybridized carbons (Fsp3) is 0.846. The van der Waals surface area contributed by atoms with E-state index in [1.807, 2.05) is 6.92 Å². The molecule has 100 valence electrons. The number of hydrogen-bond acceptors (Lipinski definition) is 2. The number of thiocarbonyl (C=S) groups is 1. The minimum absolute atomic E-state index is 0.140. The first-order valence-corrected chi connectivity index (χ1v) is 6.96. The Morgan fingerprint density at radius 3 is 2.29 bits per heavy atom. The van der Waals surface area contributed by atoms with Crippen LogP contribution in [0.3, 0.4) is 0 Å². The number of nitrogens with zero attached hydrogens (tertiary/aromatic N) is 1. The molecule has 1 amide bonds. The zero-order valence-corrected chi connectivity index (χ0v) is 12.2. The van der Waals surface area contributed by atoms with Crippen molar-refractivity contribution in [3.63, 3.8) is 0 Å². The smallest absolute Gasteiger partial charge is 0.222 e. The third-order valence-corrected chi connectivity index (χ3v) is 3.47. The highest BCUT2D eigenvalue weighted by atomic mass is 32.1. The van der Waals surface area contributed by atoms with Gasteiger partial charge in [0.05, 0.1) is 11.0 Å². The molecule has 0 radical (unpaired) electrons. The molecule has 3 nitrogen and oxygen atoms in total. The number of carbonyl (C=O) groups excluding carboxylic acids is 1. The molecule has 17 heavy (non-hydrogen) atoms. The summed E-state index contributed by atoms with van der Waals surface area (Å²) in [5.41, 5.74) is 5.52. The number of rotatable bonds is 9. The maximum absolute atomic E-state index is 11.8. The molecule has 1 unspecified atom stereocenters. The second-order valence-electron chi connectivity index (χ2n) is 4.60. The summed E-state index contributed by atoms with van der Waals surface area (Å²) in [6, 6.07) is -0.141. The van der Waals surface area contributed by atoms with Crippen LogP contribution in [0.1, 0.15) is 58.8 Å². The first-order valence-electron chi connectivity index (χ1n) is 6.55. The van der Waals surface area contributed by atoms with Gasteiger partial charge in [-0.3, -0.25) is 4.79 Å². The van der Waals surface area contributed by atoms with E-state index in [0.29, 0.717) is 11.4 Å². The van der Waals surface area contributed by atoms with Crippen molar-refractivity contribution in [2.24, 2.45) is 5.73 Å². The van der Waals surface area contributed by atoms with Gasteiger partial charge in [0, 0.05) is 13.5 Å². The summed E-state index contributed by atoms with van der Waals surface area (Å²) in [5, 5.41) is 0. The van der Waals surface area contributed by atoms with Gasteiger partial charge in [-0.1, -0.05) is 51.2 Å². The van der Waals surface area contributed by atoms with Gasteiger partial charge in [-0.05, 0) is 13.3 Å². The largest absolute Gasteiger partial charge is 0.392 e. The first-order chi connectivity index (χ1) is 8.00. The molecule has 0 aliphatic carbocycles. The molecule has 4 heteroatoms. The van der Waals surface area contributed by atoms with Crippen molar-refractivity contribution in [3.05, 3.63) is 0 Å². The standard InChI is InChI=1S/C13H26N2OS/c1-4-5-6-7-8-9-10-12(16)15(3)11(2)13(14)17/h11H,4-10H2,1-3H3,(H2,14,17). The highest BCUT2D eigenvalue weighted by Gasteiger charge is 2.16. The third-order valence-electron chi connectivity index (χ3n) is 3.13. The summed E-state index contributed by atoms with van der Waals surface area (Å²) in [6.07, 6.45) is 7.78. The van der Waals surface area contributed by atoms with Gasteiger partial charge in [0.1, 0.15) is 0 Å². The number of unbranched alkanes of at least 4 members (excludes halogenated alkanes) is 5. The topological polar surface area (TPSA) is 46.3 Å². The summed E-state index contributed by atoms with van der Waals surface area (Å²) in [7, 11) is 1.77. The molecule has 0 aliphatic heterocycles. The third kappa shape index (κ3) is 7.31. The van der Waals surface area contributed by atoms with Crippen molar-refractivity contribution in [1.82, 2.24) is 4.90 Å². The van der Waals surface area contributed by atoms with Crippen LogP contribution in [0.25, 0.3) is 0 Å². The Morgan fingerprint density at radius 1 is 1.24 bits per heavy atom. The van der Waals surface area contributed by atoms with E-state index in [0.717, 1.165) is 12.8 Å². The number of likely N-dealkylation sites (N-methyl/N-ethyl adjacent to an activating group) is 1. The van der Waals surface area contributed by atoms with Crippen LogP contribution >= 0.6 is 12.2 Å². The van der Waals surface area contributed by atoms with Gasteiger partial charge >= 0.3 is 0 Å². The van der Waals surface area contributed by atoms with Crippen LogP contribution in [0.5, 0.6) is 0 Å². The van der Waals surface area contributed by atoms with E-state index in [4.69, 9.17) is 18.0 Å². The molecular weight excluding hydrogens is 232 g/mol. The molecule has 0 saturated carbocycles. The van der Waals surface area contributed by atoms with Crippen molar-refractivity contribution in [2.75, 3.05) is 7.05 Å². The van der Waals surface area contributed by atoms with Gasteiger partial charge in [-0.2, -0.15) is 0 Å². The van der Waals surface area contributed by atoms with E-state index < -0.39 is 0 Å². The Labute approximate surface area is 111 Å². The minimum Gasteiger partial charge on any atom is -0.392 e. The summed E-state index contributed by atoms with van der Waals surface area (Å²) in [6.45, 7) is 4.07. The van der Waals surface area contributed by atoms with Crippen molar-refractivity contribution >= 4 is 23.1 Å². The Morgan fingerprint density at radius 2 is 1.76 bits per heavy atom. The quantitative estimate of drug-likeness (QED) is 0.511. The number of hydrogen-bond donors (Lipinski definition) is 1. The number of nitrogens with two attached hydrogens (primary N) is 1. The van der Waals surface area contributed by atoms with Crippen molar-refractivity contribution in [1.29, 1.82) is 0 Å². The molecule has 0 bridgehead atoms. The molecule has 0 aliphatic rings. The normalized spacial score (nSPS) is 12.2. The van der Waals surface area contributed by atoms with E-state index in [-0.39, 0.29) is 11.9 Å². The van der Waals surface area contributed by atoms with Crippen molar-refractivity contribution < 1.29 is 4.79 Å². The summed E-state index contributed by atoms with van der Waals surface area (Å²) < 4.78 is 0. The second-order valence-corrected chi connectivity index (χ2v) is 5.07. The lowest BCUT2D eigenvalue weighted by Gasteiger charge is -2.23. The zero-order valence-electron chi connectivity index (χ0n) is 11.4. The van der Waals surface area contributed by atoms with E-state index in [1.165, 1.54) is 25.7 Å². The molecule has 1 atom stereocenters. The van der Waals surface area contributed by atoms with E-state index in [2.05, 4.69) is 6.92 Å². The predicted molar refractivity (Wildman–Crippen MR) is 77.0 cm³/mol. The van der Waals surface area contributed by atoms with Crippen molar-refractivity contribution in [2.45, 2.75) is 64.8 Å². The highest BCUT2D eigenvalue weighted by molar-refractivity contribution is 7.80. The van der Waals surface area contributed by atoms with E-state index in [9.17, 15) is 4.79 Å². The first kappa shape index (κ1) is 16.4. The lowest BCUT2D eigenvalue weighted by atomic mass is 10.1. The molecule has 0 aromatic heterocycles. The number of amides is 1. The predicted octanol–water partition coefficient (Wildman–Crippen LogP) is 2.87. The lowest BCUT2D eigenvalue weighted by Crippen LogP contribution is -2.42. The summed E-state index contributed by atoms with van der Waals surface area (Å²) >= 11 is 4.88. The van der Waals surface area contributed by atoms with E-state index in [1.54, 1.807) is 11.9 Å². The molecule has 0 spiro atoms. The zero-order chi connectivity index (χ0) is 13.3. The Balaban J connectivity index is 3.68. The molecule has 0 aromatic carbocycles. The molecule has 2 N–H and O–H groups in total. The Kier molecular flexibility index (Phi) is 9.04. The monoisotopic (exact) mass is 258 g/mol. The Hall–Kier alpha value is -0.640. The molecule has 0 fully saturated rings. The van der Waals surface area contributed by atoms with Gasteiger partial charge in [0.25, 0.3) is 0 Å². The summed E-state index contributed by atoms with van der Waals surface area (Å²) in [5.74, 6) is 0.140. The van der Waals surface area contributed by atoms with Gasteiger partial charge in [-0.25, -0.2) is 0 Å². The van der Waals surface area contributed by atoms with Crippen LogP contribution in [-0.4, -0.2) is 28.9 Å². The average Bonchev–Trinajstić information content (AvgIpc) is 2.31. The Bertz CT molecular complexity index is 244. The highest BCUT2D eigenvalue weighted by Crippen LogP contribution is 2.09. The summed E-state index contributed by atoms with van der Waals surface area (Å²) in [4.78, 5) is 13.8. The maximum Gasteiger partial charge on any atom is 0.222 e. The van der Waals surface area contributed by atoms with Crippen molar-refractivity contribution in [3.8, 4) is 0 Å². The molecule has 0 heterocycles. The SMILES string of the molecule is CCCCCCCCC(=O)N(C)C(C)C(N)=S. The van der Waals surface area contributed by atoms with Crippen LogP contribution in [0.2, 0.25) is 0 Å². The van der Waals surface area contributed by atoms with Crippen LogP contribution in [0.4, 0.5) is 0 Å². The fourth-order valence-electron chi connectivity index (χ4n) is 1.64. The fourth-order valence-corrected chi connectivity index (χ4v) is 1.80. The lowest BCUT2D eigenvalue weighted by molar-refractivity contribution is -0.130. The van der Waals surface area contributed by atoms with Crippen LogP contribution in [-0.2, 0) is 4.79 Å². The maximum atomic E-state index is 11.8. The van der Waals surface area contributed by atoms with E-state index >= 15 is 0 Å². The van der Waals surface area contributed by atoms with Gasteiger partial charge in [0.2, 0.25) is 5.91 Å². The van der Waals surface area contributed by atoms with Crippen LogP contribution < -0.4 is 5.73 Å². The van der Waals surface area contributed by atoms with Gasteiger partial charge in [0.15, 0.2) is 0 Å². The van der Waals surface area contributed by atoms with Gasteiger partial charge in [-0.15, -0.1) is 0 Å². The van der Waals surface area contributed by atoms with Gasteiger partial charge < -0.3 is 10.6 Å². The average molecular weight is 258 g/mol. The molecule has 0 saturated heterocycles. The second kappa shape index (κ2) is 9.40.